The Labute approximate surface area is 89.1 Å². The van der Waals surface area contributed by atoms with Gasteiger partial charge in [-0.25, -0.2) is 0 Å². The lowest BCUT2D eigenvalue weighted by molar-refractivity contribution is -0.111. The van der Waals surface area contributed by atoms with Crippen LogP contribution < -0.4 is 0 Å². The second-order valence-corrected chi connectivity index (χ2v) is 5.45. The first-order chi connectivity index (χ1) is 6.35. The topological polar surface area (TPSA) is 63.6 Å². The normalized spacial score (nSPS) is 19.8. The van der Waals surface area contributed by atoms with Crippen LogP contribution in [0.25, 0.3) is 0 Å². The van der Waals surface area contributed by atoms with Crippen LogP contribution in [0.3, 0.4) is 0 Å². The van der Waals surface area contributed by atoms with Crippen LogP contribution in [0.15, 0.2) is 0 Å². The number of halogens is 1. The molecule has 84 valence electrons. The molecule has 14 heavy (non-hydrogen) atoms. The van der Waals surface area contributed by atoms with Gasteiger partial charge in [-0.2, -0.15) is 0 Å². The monoisotopic (exact) mass is 242 g/mol. The molecular formula is C8H16ClO4P. The summed E-state index contributed by atoms with van der Waals surface area (Å²) in [6.45, 7) is 5.12. The van der Waals surface area contributed by atoms with Crippen molar-refractivity contribution in [1.82, 2.24) is 0 Å². The zero-order chi connectivity index (χ0) is 11.4. The first kappa shape index (κ1) is 14.1. The van der Waals surface area contributed by atoms with Crippen molar-refractivity contribution in [1.29, 1.82) is 0 Å². The van der Waals surface area contributed by atoms with Crippen molar-refractivity contribution < 1.29 is 18.8 Å². The van der Waals surface area contributed by atoms with Gasteiger partial charge in [0.15, 0.2) is 0 Å². The first-order valence-corrected chi connectivity index (χ1v) is 6.57. The Balaban J connectivity index is 4.57. The minimum atomic E-state index is -3.91. The molecule has 0 fully saturated rings. The molecule has 0 aliphatic heterocycles. The molecule has 0 aromatic heterocycles. The van der Waals surface area contributed by atoms with Gasteiger partial charge in [-0.05, 0) is 31.4 Å². The standard InChI is InChI=1S/C8H16ClO4P/c1-4-6(3)13-14(11,12)7(5-2)8(9)10/h6-7H,4-5H2,1-3H3,(H,11,12). The molecule has 1 N–H and O–H groups in total. The maximum atomic E-state index is 11.6. The van der Waals surface area contributed by atoms with E-state index in [-0.39, 0.29) is 12.5 Å². The third-order valence-electron chi connectivity index (χ3n) is 1.95. The van der Waals surface area contributed by atoms with Crippen molar-refractivity contribution in [2.75, 3.05) is 0 Å². The Bertz CT molecular complexity index is 243. The van der Waals surface area contributed by atoms with E-state index in [1.54, 1.807) is 13.8 Å². The molecule has 0 spiro atoms. The minimum absolute atomic E-state index is 0.201. The van der Waals surface area contributed by atoms with E-state index in [1.807, 2.05) is 6.92 Å². The molecule has 0 saturated carbocycles. The number of carbonyl (C=O) groups excluding carboxylic acids is 1. The second kappa shape index (κ2) is 5.86. The van der Waals surface area contributed by atoms with Crippen molar-refractivity contribution in [3.8, 4) is 0 Å². The maximum absolute atomic E-state index is 11.6. The molecule has 0 aliphatic carbocycles. The van der Waals surface area contributed by atoms with Crippen LogP contribution in [0.5, 0.6) is 0 Å². The summed E-state index contributed by atoms with van der Waals surface area (Å²) in [5.41, 5.74) is -1.11. The van der Waals surface area contributed by atoms with E-state index < -0.39 is 18.5 Å². The van der Waals surface area contributed by atoms with Crippen molar-refractivity contribution in [3.05, 3.63) is 0 Å². The number of hydrogen-bond donors (Lipinski definition) is 1. The van der Waals surface area contributed by atoms with Gasteiger partial charge >= 0.3 is 7.60 Å². The summed E-state index contributed by atoms with van der Waals surface area (Å²) in [4.78, 5) is 20.3. The molecular weight excluding hydrogens is 227 g/mol. The van der Waals surface area contributed by atoms with Crippen LogP contribution in [0.4, 0.5) is 0 Å². The van der Waals surface area contributed by atoms with Gasteiger partial charge in [0.1, 0.15) is 5.66 Å². The molecule has 6 heteroatoms. The first-order valence-electron chi connectivity index (χ1n) is 4.55. The quantitative estimate of drug-likeness (QED) is 0.574. The lowest BCUT2D eigenvalue weighted by Crippen LogP contribution is -2.19. The third-order valence-corrected chi connectivity index (χ3v) is 4.41. The SMILES string of the molecule is CCC(C)OP(=O)(O)C(CC)C(=O)Cl. The Morgan fingerprint density at radius 2 is 2.00 bits per heavy atom. The molecule has 4 nitrogen and oxygen atoms in total. The van der Waals surface area contributed by atoms with Gasteiger partial charge in [0.05, 0.1) is 6.10 Å². The van der Waals surface area contributed by atoms with Crippen LogP contribution in [0, 0.1) is 0 Å². The summed E-state index contributed by atoms with van der Waals surface area (Å²) < 4.78 is 16.5. The van der Waals surface area contributed by atoms with Crippen molar-refractivity contribution >= 4 is 24.4 Å². The molecule has 3 atom stereocenters. The average Bonchev–Trinajstić information content (AvgIpc) is 2.02. The fourth-order valence-corrected chi connectivity index (χ4v) is 2.98. The summed E-state index contributed by atoms with van der Waals surface area (Å²) in [6.07, 6.45) is 0.459. The van der Waals surface area contributed by atoms with Crippen LogP contribution in [-0.4, -0.2) is 21.9 Å². The Morgan fingerprint density at radius 3 is 2.29 bits per heavy atom. The lowest BCUT2D eigenvalue weighted by atomic mass is 10.3. The van der Waals surface area contributed by atoms with Crippen molar-refractivity contribution in [3.63, 3.8) is 0 Å². The van der Waals surface area contributed by atoms with E-state index in [0.29, 0.717) is 6.42 Å². The van der Waals surface area contributed by atoms with E-state index in [4.69, 9.17) is 16.1 Å². The minimum Gasteiger partial charge on any atom is -0.324 e. The Morgan fingerprint density at radius 1 is 1.50 bits per heavy atom. The number of hydrogen-bond acceptors (Lipinski definition) is 3. The molecule has 0 radical (unpaired) electrons. The predicted octanol–water partition coefficient (Wildman–Crippen LogP) is 2.53. The highest BCUT2D eigenvalue weighted by atomic mass is 35.5. The summed E-state index contributed by atoms with van der Waals surface area (Å²) in [7, 11) is -3.91. The van der Waals surface area contributed by atoms with Crippen molar-refractivity contribution in [2.45, 2.75) is 45.4 Å². The number of carbonyl (C=O) groups is 1. The molecule has 0 heterocycles. The fourth-order valence-electron chi connectivity index (χ4n) is 0.925. The van der Waals surface area contributed by atoms with E-state index >= 15 is 0 Å². The Kier molecular flexibility index (Phi) is 5.91. The zero-order valence-electron chi connectivity index (χ0n) is 8.57. The molecule has 0 bridgehead atoms. The molecule has 0 amide bonds. The van der Waals surface area contributed by atoms with Gasteiger partial charge in [0.2, 0.25) is 5.24 Å². The van der Waals surface area contributed by atoms with E-state index in [9.17, 15) is 14.3 Å². The average molecular weight is 243 g/mol. The highest BCUT2D eigenvalue weighted by molar-refractivity contribution is 7.55. The smallest absolute Gasteiger partial charge is 0.324 e. The predicted molar refractivity (Wildman–Crippen MR) is 55.6 cm³/mol. The van der Waals surface area contributed by atoms with Crippen LogP contribution in [-0.2, 0) is 13.9 Å². The summed E-state index contributed by atoms with van der Waals surface area (Å²) >= 11 is 5.20. The van der Waals surface area contributed by atoms with Crippen LogP contribution in [0.2, 0.25) is 0 Å². The highest BCUT2D eigenvalue weighted by Gasteiger charge is 2.37. The second-order valence-electron chi connectivity index (χ2n) is 3.12. The highest BCUT2D eigenvalue weighted by Crippen LogP contribution is 2.51. The third kappa shape index (κ3) is 4.09. The summed E-state index contributed by atoms with van der Waals surface area (Å²) in [6, 6.07) is 0. The lowest BCUT2D eigenvalue weighted by Gasteiger charge is -2.21. The van der Waals surface area contributed by atoms with Crippen molar-refractivity contribution in [2.24, 2.45) is 0 Å². The van der Waals surface area contributed by atoms with Gasteiger partial charge < -0.3 is 9.42 Å². The molecule has 0 aliphatic rings. The number of rotatable bonds is 6. The van der Waals surface area contributed by atoms with Gasteiger partial charge in [-0.15, -0.1) is 0 Å². The van der Waals surface area contributed by atoms with Gasteiger partial charge in [0, 0.05) is 0 Å². The zero-order valence-corrected chi connectivity index (χ0v) is 10.2. The summed E-state index contributed by atoms with van der Waals surface area (Å²) in [5, 5.41) is -0.818. The largest absolute Gasteiger partial charge is 0.340 e. The summed E-state index contributed by atoms with van der Waals surface area (Å²) in [5.74, 6) is 0. The molecule has 3 unspecified atom stereocenters. The van der Waals surface area contributed by atoms with Crippen LogP contribution >= 0.6 is 19.2 Å². The van der Waals surface area contributed by atoms with Gasteiger partial charge in [-0.3, -0.25) is 9.36 Å². The van der Waals surface area contributed by atoms with E-state index in [1.165, 1.54) is 0 Å². The van der Waals surface area contributed by atoms with E-state index in [0.717, 1.165) is 0 Å². The Hall–Kier alpha value is 0.110. The molecule has 0 aromatic rings. The maximum Gasteiger partial charge on any atom is 0.340 e. The van der Waals surface area contributed by atoms with Gasteiger partial charge in [-0.1, -0.05) is 13.8 Å². The van der Waals surface area contributed by atoms with E-state index in [2.05, 4.69) is 0 Å². The molecule has 0 saturated heterocycles. The van der Waals surface area contributed by atoms with Gasteiger partial charge in [0.25, 0.3) is 0 Å². The van der Waals surface area contributed by atoms with Crippen LogP contribution in [0.1, 0.15) is 33.6 Å². The molecule has 0 rings (SSSR count). The molecule has 0 aromatic carbocycles. The fraction of sp³-hybridized carbons (Fsp3) is 0.875.